The van der Waals surface area contributed by atoms with Crippen LogP contribution in [0.5, 0.6) is 0 Å². The average molecular weight is 435 g/mol. The molecule has 0 N–H and O–H groups in total. The van der Waals surface area contributed by atoms with Gasteiger partial charge in [0.25, 0.3) is 5.91 Å². The highest BCUT2D eigenvalue weighted by Gasteiger charge is 2.30. The van der Waals surface area contributed by atoms with E-state index in [1.165, 1.54) is 17.6 Å². The Hall–Kier alpha value is -2.99. The number of hydrogen-bond donors (Lipinski definition) is 0. The number of ether oxygens (including phenoxy) is 1. The van der Waals surface area contributed by atoms with Crippen LogP contribution in [0.3, 0.4) is 0 Å². The highest BCUT2D eigenvalue weighted by Crippen LogP contribution is 2.38. The van der Waals surface area contributed by atoms with Gasteiger partial charge >= 0.3 is 5.97 Å². The topological polar surface area (TPSA) is 59.5 Å². The highest BCUT2D eigenvalue weighted by atomic mass is 32.1. The van der Waals surface area contributed by atoms with Gasteiger partial charge in [0, 0.05) is 23.4 Å². The molecule has 1 aliphatic carbocycles. The summed E-state index contributed by atoms with van der Waals surface area (Å²) in [6.07, 6.45) is 3.83. The number of nitrogens with zero attached hydrogens (tertiary/aromatic N) is 2. The van der Waals surface area contributed by atoms with E-state index >= 15 is 0 Å². The Bertz CT molecular complexity index is 1150. The predicted molar refractivity (Wildman–Crippen MR) is 125 cm³/mol. The molecule has 3 aromatic rings. The lowest BCUT2D eigenvalue weighted by Crippen LogP contribution is -2.37. The Morgan fingerprint density at radius 3 is 2.74 bits per heavy atom. The zero-order valence-electron chi connectivity index (χ0n) is 18.1. The van der Waals surface area contributed by atoms with Crippen molar-refractivity contribution < 1.29 is 14.3 Å². The number of fused-ring (bicyclic) bond motifs is 2. The van der Waals surface area contributed by atoms with Gasteiger partial charge in [-0.05, 0) is 54.5 Å². The quantitative estimate of drug-likeness (QED) is 0.509. The first-order valence-corrected chi connectivity index (χ1v) is 11.4. The highest BCUT2D eigenvalue weighted by molar-refractivity contribution is 7.10. The first-order chi connectivity index (χ1) is 15.0. The van der Waals surface area contributed by atoms with Gasteiger partial charge in [0.05, 0.1) is 29.8 Å². The normalized spacial score (nSPS) is 15.1. The number of esters is 1. The smallest absolute Gasteiger partial charge is 0.310 e. The molecule has 1 amide bonds. The van der Waals surface area contributed by atoms with Gasteiger partial charge in [-0.3, -0.25) is 9.59 Å². The van der Waals surface area contributed by atoms with Gasteiger partial charge in [0.1, 0.15) is 0 Å². The lowest BCUT2D eigenvalue weighted by Gasteiger charge is -2.25. The van der Waals surface area contributed by atoms with Crippen molar-refractivity contribution in [3.63, 3.8) is 0 Å². The molecular formula is C25H26N2O3S. The third-order valence-electron chi connectivity index (χ3n) is 5.78. The van der Waals surface area contributed by atoms with Crippen molar-refractivity contribution in [2.45, 2.75) is 26.7 Å². The van der Waals surface area contributed by atoms with E-state index in [2.05, 4.69) is 17.5 Å². The second kappa shape index (κ2) is 9.02. The van der Waals surface area contributed by atoms with Crippen molar-refractivity contribution in [2.24, 2.45) is 5.92 Å². The molecule has 1 aromatic carbocycles. The van der Waals surface area contributed by atoms with Gasteiger partial charge in [0.15, 0.2) is 0 Å². The fourth-order valence-corrected chi connectivity index (χ4v) is 4.87. The standard InChI is InChI=1S/C25H26N2O3S/c1-4-27(15-16(2)25(29)30-3)24(28)22-19-9-5-6-10-21(19)26-23-17(11-12-20(22)23)14-18-8-7-13-31-18/h5-10,13-14,16H,4,11-12,15H2,1-3H3/b17-14+. The molecule has 0 saturated carbocycles. The van der Waals surface area contributed by atoms with Crippen molar-refractivity contribution in [1.29, 1.82) is 0 Å². The summed E-state index contributed by atoms with van der Waals surface area (Å²) >= 11 is 1.70. The maximum Gasteiger partial charge on any atom is 0.310 e. The maximum atomic E-state index is 13.7. The van der Waals surface area contributed by atoms with E-state index in [1.807, 2.05) is 37.3 Å². The molecule has 1 unspecified atom stereocenters. The van der Waals surface area contributed by atoms with Gasteiger partial charge in [-0.1, -0.05) is 31.2 Å². The van der Waals surface area contributed by atoms with E-state index in [-0.39, 0.29) is 17.8 Å². The second-order valence-corrected chi connectivity index (χ2v) is 8.76. The number of carbonyl (C=O) groups is 2. The van der Waals surface area contributed by atoms with Gasteiger partial charge in [0.2, 0.25) is 0 Å². The molecule has 0 bridgehead atoms. The van der Waals surface area contributed by atoms with E-state index in [0.29, 0.717) is 18.7 Å². The molecule has 5 nitrogen and oxygen atoms in total. The molecule has 0 radical (unpaired) electrons. The van der Waals surface area contributed by atoms with E-state index < -0.39 is 0 Å². The van der Waals surface area contributed by atoms with Crippen molar-refractivity contribution in [3.05, 3.63) is 63.5 Å². The molecule has 160 valence electrons. The number of allylic oxidation sites excluding steroid dienone is 1. The number of para-hydroxylation sites is 1. The summed E-state index contributed by atoms with van der Waals surface area (Å²) in [7, 11) is 1.38. The molecule has 0 spiro atoms. The zero-order chi connectivity index (χ0) is 22.0. The van der Waals surface area contributed by atoms with Crippen LogP contribution < -0.4 is 0 Å². The van der Waals surface area contributed by atoms with E-state index in [9.17, 15) is 9.59 Å². The first kappa shape index (κ1) is 21.2. The van der Waals surface area contributed by atoms with E-state index in [4.69, 9.17) is 9.72 Å². The van der Waals surface area contributed by atoms with Crippen molar-refractivity contribution in [1.82, 2.24) is 9.88 Å². The third kappa shape index (κ3) is 4.12. The molecule has 0 saturated heterocycles. The number of aromatic nitrogens is 1. The van der Waals surface area contributed by atoms with Crippen LogP contribution in [0.2, 0.25) is 0 Å². The Labute approximate surface area is 186 Å². The molecule has 1 atom stereocenters. The number of hydrogen-bond acceptors (Lipinski definition) is 5. The SMILES string of the molecule is CCN(CC(C)C(=O)OC)C(=O)c1c2c(nc3ccccc13)/C(=C/c1cccs1)CC2. The second-order valence-electron chi connectivity index (χ2n) is 7.78. The number of carbonyl (C=O) groups excluding carboxylic acids is 2. The van der Waals surface area contributed by atoms with Crippen LogP contribution in [0, 0.1) is 5.92 Å². The maximum absolute atomic E-state index is 13.7. The predicted octanol–water partition coefficient (Wildman–Crippen LogP) is 5.05. The van der Waals surface area contributed by atoms with Crippen LogP contribution in [0.15, 0.2) is 41.8 Å². The minimum absolute atomic E-state index is 0.0505. The van der Waals surface area contributed by atoms with Crippen molar-refractivity contribution in [3.8, 4) is 0 Å². The number of amides is 1. The summed E-state index contributed by atoms with van der Waals surface area (Å²) in [5.41, 5.74) is 4.64. The summed E-state index contributed by atoms with van der Waals surface area (Å²) in [6.45, 7) is 4.57. The summed E-state index contributed by atoms with van der Waals surface area (Å²) in [6, 6.07) is 11.9. The fraction of sp³-hybridized carbons (Fsp3) is 0.320. The Morgan fingerprint density at radius 2 is 2.03 bits per heavy atom. The minimum Gasteiger partial charge on any atom is -0.469 e. The fourth-order valence-electron chi connectivity index (χ4n) is 4.19. The summed E-state index contributed by atoms with van der Waals surface area (Å²) < 4.78 is 4.86. The number of methoxy groups -OCH3 is 1. The molecule has 2 heterocycles. The number of benzene rings is 1. The van der Waals surface area contributed by atoms with E-state index in [0.717, 1.165) is 35.0 Å². The molecule has 0 fully saturated rings. The van der Waals surface area contributed by atoms with Crippen LogP contribution in [0.25, 0.3) is 22.6 Å². The Kier molecular flexibility index (Phi) is 6.18. The Balaban J connectivity index is 1.80. The largest absolute Gasteiger partial charge is 0.469 e. The summed E-state index contributed by atoms with van der Waals surface area (Å²) in [4.78, 5) is 33.6. The number of pyridine rings is 1. The van der Waals surface area contributed by atoms with Crippen molar-refractivity contribution >= 4 is 45.8 Å². The lowest BCUT2D eigenvalue weighted by molar-refractivity contribution is -0.145. The molecule has 4 rings (SSSR count). The van der Waals surface area contributed by atoms with Crippen LogP contribution in [0.4, 0.5) is 0 Å². The summed E-state index contributed by atoms with van der Waals surface area (Å²) in [5.74, 6) is -0.743. The summed E-state index contributed by atoms with van der Waals surface area (Å²) in [5, 5.41) is 2.93. The van der Waals surface area contributed by atoms with Crippen LogP contribution in [-0.4, -0.2) is 42.0 Å². The zero-order valence-corrected chi connectivity index (χ0v) is 18.9. The van der Waals surface area contributed by atoms with Gasteiger partial charge in [-0.25, -0.2) is 4.98 Å². The van der Waals surface area contributed by atoms with E-state index in [1.54, 1.807) is 23.2 Å². The average Bonchev–Trinajstić information content (AvgIpc) is 3.45. The lowest BCUT2D eigenvalue weighted by atomic mass is 9.99. The third-order valence-corrected chi connectivity index (χ3v) is 6.60. The minimum atomic E-state index is -0.385. The Morgan fingerprint density at radius 1 is 1.23 bits per heavy atom. The molecule has 6 heteroatoms. The molecule has 1 aliphatic rings. The number of thiophene rings is 1. The van der Waals surface area contributed by atoms with Crippen molar-refractivity contribution in [2.75, 3.05) is 20.2 Å². The molecular weight excluding hydrogens is 408 g/mol. The van der Waals surface area contributed by atoms with Crippen LogP contribution in [0.1, 0.15) is 46.8 Å². The monoisotopic (exact) mass is 434 g/mol. The van der Waals surface area contributed by atoms with Crippen LogP contribution >= 0.6 is 11.3 Å². The van der Waals surface area contributed by atoms with Gasteiger partial charge in [-0.15, -0.1) is 11.3 Å². The van der Waals surface area contributed by atoms with Gasteiger partial charge in [-0.2, -0.15) is 0 Å². The first-order valence-electron chi connectivity index (χ1n) is 10.6. The molecule has 0 aliphatic heterocycles. The molecule has 2 aromatic heterocycles. The van der Waals surface area contributed by atoms with Gasteiger partial charge < -0.3 is 9.64 Å². The molecule has 31 heavy (non-hydrogen) atoms. The van der Waals surface area contributed by atoms with Crippen LogP contribution in [-0.2, 0) is 16.0 Å². The number of rotatable bonds is 6.